The van der Waals surface area contributed by atoms with E-state index in [0.29, 0.717) is 22.9 Å². The third kappa shape index (κ3) is 6.52. The number of ether oxygens (including phenoxy) is 1. The van der Waals surface area contributed by atoms with E-state index in [4.69, 9.17) is 4.74 Å². The van der Waals surface area contributed by atoms with Crippen molar-refractivity contribution in [2.75, 3.05) is 6.61 Å². The molecule has 2 fully saturated rings. The van der Waals surface area contributed by atoms with Crippen molar-refractivity contribution in [3.05, 3.63) is 93.5 Å². The third-order valence-electron chi connectivity index (χ3n) is 7.23. The minimum atomic E-state index is -0.611. The first-order valence-electron chi connectivity index (χ1n) is 13.8. The lowest BCUT2D eigenvalue weighted by molar-refractivity contribution is 0.0494. The Hall–Kier alpha value is -3.33. The molecule has 0 atom stereocenters. The van der Waals surface area contributed by atoms with Crippen molar-refractivity contribution in [3.8, 4) is 11.4 Å². The molecule has 6 nitrogen and oxygen atoms in total. The first-order valence-corrected chi connectivity index (χ1v) is 14.6. The maximum atomic E-state index is 14.1. The molecule has 9 heteroatoms. The molecule has 2 heterocycles. The fraction of sp³-hybridized carbons (Fsp3) is 0.387. The molecule has 2 aliphatic rings. The van der Waals surface area contributed by atoms with Crippen molar-refractivity contribution < 1.29 is 18.3 Å². The Morgan fingerprint density at radius 2 is 1.43 bits per heavy atom. The number of hydrogen-bond donors (Lipinski definition) is 0. The van der Waals surface area contributed by atoms with Gasteiger partial charge in [-0.25, -0.2) is 23.5 Å². The number of hydrogen-bond acceptors (Lipinski definition) is 4. The van der Waals surface area contributed by atoms with Gasteiger partial charge >= 0.3 is 5.97 Å². The molecule has 0 saturated heterocycles. The number of rotatable bonds is 8. The molecule has 0 amide bonds. The van der Waals surface area contributed by atoms with Crippen LogP contribution in [0.2, 0.25) is 0 Å². The zero-order valence-corrected chi connectivity index (χ0v) is 24.5. The molecule has 0 N–H and O–H groups in total. The standard InChI is InChI=1S/C18H21FN2O2.C13H12BrFN2/c1-3-4-7-23-18(22)14-9-17(12(2)8-15(14)19)21-10-16(20-11-21)13-5-6-13;1-8-4-11(15)10(14)5-13(8)17-6-12(16-7-17)9-2-3-9/h8-11,13H,3-7H2,1-2H3;4-7,9H,2-3H2,1H3. The monoisotopic (exact) mass is 610 g/mol. The Bertz CT molecular complexity index is 1520. The van der Waals surface area contributed by atoms with E-state index >= 15 is 0 Å². The predicted molar refractivity (Wildman–Crippen MR) is 153 cm³/mol. The van der Waals surface area contributed by atoms with Gasteiger partial charge in [0.05, 0.1) is 52.1 Å². The lowest BCUT2D eigenvalue weighted by Gasteiger charge is -2.11. The number of halogens is 3. The van der Waals surface area contributed by atoms with Gasteiger partial charge in [-0.15, -0.1) is 0 Å². The van der Waals surface area contributed by atoms with E-state index < -0.39 is 11.8 Å². The minimum absolute atomic E-state index is 0.0247. The summed E-state index contributed by atoms with van der Waals surface area (Å²) in [6.07, 6.45) is 14.1. The summed E-state index contributed by atoms with van der Waals surface area (Å²) in [7, 11) is 0. The molecule has 0 bridgehead atoms. The number of esters is 1. The van der Waals surface area contributed by atoms with Gasteiger partial charge in [0, 0.05) is 24.2 Å². The van der Waals surface area contributed by atoms with Crippen molar-refractivity contribution in [1.82, 2.24) is 19.1 Å². The SMILES string of the molecule is CCCCOC(=O)c1cc(-n2cnc(C3CC3)c2)c(C)cc1F.Cc1cc(F)c(Br)cc1-n1cnc(C2CC2)c1. The van der Waals surface area contributed by atoms with E-state index in [1.54, 1.807) is 24.8 Å². The Morgan fingerprint density at radius 1 is 0.900 bits per heavy atom. The summed E-state index contributed by atoms with van der Waals surface area (Å²) >= 11 is 3.22. The second kappa shape index (κ2) is 12.0. The number of nitrogens with zero attached hydrogens (tertiary/aromatic N) is 4. The molecule has 0 spiro atoms. The Balaban J connectivity index is 0.000000168. The molecule has 0 aliphatic heterocycles. The highest BCUT2D eigenvalue weighted by Gasteiger charge is 2.27. The quantitative estimate of drug-likeness (QED) is 0.149. The van der Waals surface area contributed by atoms with Crippen LogP contribution < -0.4 is 0 Å². The van der Waals surface area contributed by atoms with Gasteiger partial charge in [0.2, 0.25) is 0 Å². The Kier molecular flexibility index (Phi) is 8.49. The largest absolute Gasteiger partial charge is 0.462 e. The second-order valence-corrected chi connectivity index (χ2v) is 11.5. The topological polar surface area (TPSA) is 61.9 Å². The zero-order chi connectivity index (χ0) is 28.4. The van der Waals surface area contributed by atoms with Crippen LogP contribution in [0, 0.1) is 25.5 Å². The zero-order valence-electron chi connectivity index (χ0n) is 23.0. The predicted octanol–water partition coefficient (Wildman–Crippen LogP) is 8.11. The summed E-state index contributed by atoms with van der Waals surface area (Å²) in [5.74, 6) is -0.195. The summed E-state index contributed by atoms with van der Waals surface area (Å²) in [4.78, 5) is 20.9. The molecule has 6 rings (SSSR count). The van der Waals surface area contributed by atoms with Gasteiger partial charge in [0.15, 0.2) is 0 Å². The fourth-order valence-electron chi connectivity index (χ4n) is 4.52. The van der Waals surface area contributed by atoms with Crippen LogP contribution in [0.1, 0.15) is 90.2 Å². The van der Waals surface area contributed by atoms with E-state index in [9.17, 15) is 13.6 Å². The van der Waals surface area contributed by atoms with Crippen LogP contribution in [-0.4, -0.2) is 31.7 Å². The van der Waals surface area contributed by atoms with Crippen LogP contribution in [0.5, 0.6) is 0 Å². The molecular formula is C31H33BrF2N4O2. The number of benzene rings is 2. The van der Waals surface area contributed by atoms with E-state index in [-0.39, 0.29) is 11.4 Å². The van der Waals surface area contributed by atoms with Crippen molar-refractivity contribution in [3.63, 3.8) is 0 Å². The Morgan fingerprint density at radius 3 is 1.95 bits per heavy atom. The minimum Gasteiger partial charge on any atom is -0.462 e. The molecule has 40 heavy (non-hydrogen) atoms. The van der Waals surface area contributed by atoms with Gasteiger partial charge in [-0.1, -0.05) is 13.3 Å². The fourth-order valence-corrected chi connectivity index (χ4v) is 4.85. The molecule has 2 aromatic heterocycles. The average molecular weight is 612 g/mol. The summed E-state index contributed by atoms with van der Waals surface area (Å²) in [6.45, 7) is 6.05. The lowest BCUT2D eigenvalue weighted by Crippen LogP contribution is -2.10. The number of aromatic nitrogens is 4. The van der Waals surface area contributed by atoms with Crippen LogP contribution in [-0.2, 0) is 4.74 Å². The van der Waals surface area contributed by atoms with Gasteiger partial charge in [-0.05, 0) is 97.3 Å². The van der Waals surface area contributed by atoms with Gasteiger partial charge in [0.25, 0.3) is 0 Å². The first kappa shape index (κ1) is 28.2. The lowest BCUT2D eigenvalue weighted by atomic mass is 10.1. The highest BCUT2D eigenvalue weighted by Crippen LogP contribution is 2.40. The Labute approximate surface area is 241 Å². The molecule has 0 radical (unpaired) electrons. The first-order chi connectivity index (χ1) is 19.2. The summed E-state index contributed by atoms with van der Waals surface area (Å²) in [5.41, 5.74) is 5.57. The highest BCUT2D eigenvalue weighted by atomic mass is 79.9. The third-order valence-corrected chi connectivity index (χ3v) is 7.84. The normalized spacial score (nSPS) is 14.6. The second-order valence-electron chi connectivity index (χ2n) is 10.6. The summed E-state index contributed by atoms with van der Waals surface area (Å²) in [5, 5.41) is 0. The summed E-state index contributed by atoms with van der Waals surface area (Å²) in [6, 6.07) is 6.26. The van der Waals surface area contributed by atoms with Crippen LogP contribution in [0.3, 0.4) is 0 Å². The van der Waals surface area contributed by atoms with Crippen molar-refractivity contribution in [1.29, 1.82) is 0 Å². The molecular weight excluding hydrogens is 578 g/mol. The number of imidazole rings is 2. The van der Waals surface area contributed by atoms with Crippen LogP contribution in [0.15, 0.2) is 53.8 Å². The van der Waals surface area contributed by atoms with Gasteiger partial charge in [-0.2, -0.15) is 0 Å². The molecule has 210 valence electrons. The maximum absolute atomic E-state index is 14.1. The molecule has 0 unspecified atom stereocenters. The van der Waals surface area contributed by atoms with Gasteiger partial charge in [0.1, 0.15) is 11.6 Å². The summed E-state index contributed by atoms with van der Waals surface area (Å²) < 4.78 is 36.9. The average Bonchev–Trinajstić information content (AvgIpc) is 3.86. The van der Waals surface area contributed by atoms with Gasteiger partial charge in [-0.3, -0.25) is 0 Å². The molecule has 2 saturated carbocycles. The highest BCUT2D eigenvalue weighted by molar-refractivity contribution is 9.10. The van der Waals surface area contributed by atoms with E-state index in [1.165, 1.54) is 37.8 Å². The van der Waals surface area contributed by atoms with E-state index in [0.717, 1.165) is 46.7 Å². The van der Waals surface area contributed by atoms with Crippen molar-refractivity contribution in [2.24, 2.45) is 0 Å². The number of carbonyl (C=O) groups is 1. The number of unbranched alkanes of at least 4 members (excludes halogenated alkanes) is 1. The van der Waals surface area contributed by atoms with Gasteiger partial charge < -0.3 is 13.9 Å². The molecule has 4 aromatic rings. The van der Waals surface area contributed by atoms with Crippen molar-refractivity contribution in [2.45, 2.75) is 71.1 Å². The van der Waals surface area contributed by atoms with Crippen molar-refractivity contribution >= 4 is 21.9 Å². The smallest absolute Gasteiger partial charge is 0.341 e. The maximum Gasteiger partial charge on any atom is 0.341 e. The van der Waals surface area contributed by atoms with Crippen LogP contribution in [0.4, 0.5) is 8.78 Å². The number of aryl methyl sites for hydroxylation is 2. The molecule has 2 aromatic carbocycles. The van der Waals surface area contributed by atoms with E-state index in [2.05, 4.69) is 25.9 Å². The van der Waals surface area contributed by atoms with E-state index in [1.807, 2.05) is 42.3 Å². The number of carbonyl (C=O) groups excluding carboxylic acids is 1. The molecule has 2 aliphatic carbocycles. The van der Waals surface area contributed by atoms with Crippen LogP contribution >= 0.6 is 15.9 Å². The van der Waals surface area contributed by atoms with Crippen LogP contribution in [0.25, 0.3) is 11.4 Å².